The van der Waals surface area contributed by atoms with E-state index in [2.05, 4.69) is 0 Å². The summed E-state index contributed by atoms with van der Waals surface area (Å²) in [7, 11) is 1.63. The second kappa shape index (κ2) is 7.17. The van der Waals surface area contributed by atoms with Gasteiger partial charge in [-0.2, -0.15) is 0 Å². The Morgan fingerprint density at radius 3 is 2.38 bits per heavy atom. The van der Waals surface area contributed by atoms with Gasteiger partial charge in [-0.25, -0.2) is 0 Å². The zero-order valence-corrected chi connectivity index (χ0v) is 13.6. The highest BCUT2D eigenvalue weighted by Gasteiger charge is 2.14. The van der Waals surface area contributed by atoms with Crippen LogP contribution < -0.4 is 4.74 Å². The minimum Gasteiger partial charge on any atom is -0.496 e. The molecule has 1 unspecified atom stereocenters. The number of hydrogen-bond donors (Lipinski definition) is 1. The van der Waals surface area contributed by atoms with E-state index in [1.165, 1.54) is 0 Å². The number of halogens is 2. The van der Waals surface area contributed by atoms with Crippen molar-refractivity contribution in [2.24, 2.45) is 0 Å². The summed E-state index contributed by atoms with van der Waals surface area (Å²) in [5.74, 6) is 0.782. The summed E-state index contributed by atoms with van der Waals surface area (Å²) in [6.07, 6.45) is 0.334. The van der Waals surface area contributed by atoms with Gasteiger partial charge in [0.05, 0.1) is 13.2 Å². The molecule has 0 spiro atoms. The molecule has 2 aromatic carbocycles. The molecule has 0 bridgehead atoms. The fraction of sp³-hybridized carbons (Fsp3) is 0.294. The number of ether oxygens (including phenoxy) is 1. The summed E-state index contributed by atoms with van der Waals surface area (Å²) in [5.41, 5.74) is 2.89. The first kappa shape index (κ1) is 16.2. The molecule has 0 radical (unpaired) electrons. The molecule has 0 amide bonds. The molecule has 4 heteroatoms. The number of hydrogen-bond acceptors (Lipinski definition) is 2. The molecule has 0 aliphatic rings. The highest BCUT2D eigenvalue weighted by molar-refractivity contribution is 6.35. The molecule has 1 N–H and O–H groups in total. The summed E-state index contributed by atoms with van der Waals surface area (Å²) in [6, 6.07) is 11.3. The largest absolute Gasteiger partial charge is 0.496 e. The molecule has 0 aromatic heterocycles. The Kier molecular flexibility index (Phi) is 5.51. The monoisotopic (exact) mass is 324 g/mol. The van der Waals surface area contributed by atoms with Crippen molar-refractivity contribution >= 4 is 23.2 Å². The standard InChI is InChI=1S/C17H18Cl2O2/c1-11-6-7-17(21-2)12(8-11)9-13(20)10-14-15(18)4-3-5-16(14)19/h3-8,13,20H,9-10H2,1-2H3. The van der Waals surface area contributed by atoms with E-state index in [1.54, 1.807) is 25.3 Å². The lowest BCUT2D eigenvalue weighted by Crippen LogP contribution is -2.15. The second-order valence-electron chi connectivity index (χ2n) is 5.08. The normalized spacial score (nSPS) is 12.2. The maximum absolute atomic E-state index is 10.3. The van der Waals surface area contributed by atoms with Gasteiger partial charge in [0.2, 0.25) is 0 Å². The third kappa shape index (κ3) is 4.13. The number of aliphatic hydroxyl groups excluding tert-OH is 1. The van der Waals surface area contributed by atoms with Crippen molar-refractivity contribution in [1.29, 1.82) is 0 Å². The fourth-order valence-electron chi connectivity index (χ4n) is 2.36. The van der Waals surface area contributed by atoms with Gasteiger partial charge in [-0.3, -0.25) is 0 Å². The molecule has 0 aliphatic heterocycles. The number of methoxy groups -OCH3 is 1. The smallest absolute Gasteiger partial charge is 0.122 e. The predicted octanol–water partition coefficient (Wildman–Crippen LogP) is 4.46. The van der Waals surface area contributed by atoms with Crippen LogP contribution in [-0.2, 0) is 12.8 Å². The lowest BCUT2D eigenvalue weighted by molar-refractivity contribution is 0.174. The first-order chi connectivity index (χ1) is 10.0. The average Bonchev–Trinajstić information content (AvgIpc) is 2.43. The van der Waals surface area contributed by atoms with Crippen LogP contribution in [0.5, 0.6) is 5.75 Å². The van der Waals surface area contributed by atoms with Crippen molar-refractivity contribution < 1.29 is 9.84 Å². The Labute approximate surface area is 135 Å². The first-order valence-electron chi connectivity index (χ1n) is 6.75. The molecular formula is C17H18Cl2O2. The summed E-state index contributed by atoms with van der Waals surface area (Å²) in [6.45, 7) is 2.01. The maximum Gasteiger partial charge on any atom is 0.122 e. The van der Waals surface area contributed by atoms with Gasteiger partial charge < -0.3 is 9.84 Å². The van der Waals surface area contributed by atoms with Crippen LogP contribution in [0.1, 0.15) is 16.7 Å². The predicted molar refractivity (Wildman–Crippen MR) is 87.6 cm³/mol. The van der Waals surface area contributed by atoms with Crippen LogP contribution >= 0.6 is 23.2 Å². The molecular weight excluding hydrogens is 307 g/mol. The molecule has 2 aromatic rings. The molecule has 2 nitrogen and oxygen atoms in total. The Bertz CT molecular complexity index is 606. The lowest BCUT2D eigenvalue weighted by atomic mass is 9.99. The van der Waals surface area contributed by atoms with Gasteiger partial charge >= 0.3 is 0 Å². The third-order valence-corrected chi connectivity index (χ3v) is 4.10. The summed E-state index contributed by atoms with van der Waals surface area (Å²) >= 11 is 12.3. The Balaban J connectivity index is 2.15. The fourth-order valence-corrected chi connectivity index (χ4v) is 2.91. The van der Waals surface area contributed by atoms with E-state index in [4.69, 9.17) is 27.9 Å². The Morgan fingerprint density at radius 2 is 1.76 bits per heavy atom. The molecule has 21 heavy (non-hydrogen) atoms. The van der Waals surface area contributed by atoms with Crippen molar-refractivity contribution in [3.63, 3.8) is 0 Å². The van der Waals surface area contributed by atoms with E-state index in [0.717, 1.165) is 22.4 Å². The van der Waals surface area contributed by atoms with Crippen molar-refractivity contribution in [2.75, 3.05) is 7.11 Å². The zero-order chi connectivity index (χ0) is 15.4. The van der Waals surface area contributed by atoms with E-state index in [9.17, 15) is 5.11 Å². The second-order valence-corrected chi connectivity index (χ2v) is 5.89. The number of rotatable bonds is 5. The van der Waals surface area contributed by atoms with Gasteiger partial charge in [0, 0.05) is 22.9 Å². The number of aliphatic hydroxyl groups is 1. The highest BCUT2D eigenvalue weighted by Crippen LogP contribution is 2.27. The van der Waals surface area contributed by atoms with Gasteiger partial charge in [-0.15, -0.1) is 0 Å². The molecule has 0 fully saturated rings. The van der Waals surface area contributed by atoms with Crippen molar-refractivity contribution in [3.05, 3.63) is 63.1 Å². The summed E-state index contributed by atoms with van der Waals surface area (Å²) in [5, 5.41) is 11.5. The van der Waals surface area contributed by atoms with Crippen LogP contribution in [0, 0.1) is 6.92 Å². The van der Waals surface area contributed by atoms with Gasteiger partial charge in [-0.1, -0.05) is 47.0 Å². The molecule has 0 aliphatic carbocycles. The molecule has 0 heterocycles. The van der Waals surface area contributed by atoms with Crippen LogP contribution in [0.2, 0.25) is 10.0 Å². The van der Waals surface area contributed by atoms with Gasteiger partial charge in [0.25, 0.3) is 0 Å². The van der Waals surface area contributed by atoms with Crippen LogP contribution in [0.4, 0.5) is 0 Å². The highest BCUT2D eigenvalue weighted by atomic mass is 35.5. The maximum atomic E-state index is 10.3. The van der Waals surface area contributed by atoms with E-state index in [0.29, 0.717) is 22.9 Å². The zero-order valence-electron chi connectivity index (χ0n) is 12.1. The Morgan fingerprint density at radius 1 is 1.10 bits per heavy atom. The van der Waals surface area contributed by atoms with Gasteiger partial charge in [-0.05, 0) is 36.2 Å². The average molecular weight is 325 g/mol. The van der Waals surface area contributed by atoms with Crippen molar-refractivity contribution in [3.8, 4) is 5.75 Å². The van der Waals surface area contributed by atoms with E-state index in [-0.39, 0.29) is 0 Å². The minimum absolute atomic E-state index is 0.412. The third-order valence-electron chi connectivity index (χ3n) is 3.39. The first-order valence-corrected chi connectivity index (χ1v) is 7.51. The van der Waals surface area contributed by atoms with Crippen LogP contribution in [-0.4, -0.2) is 18.3 Å². The Hall–Kier alpha value is -1.22. The van der Waals surface area contributed by atoms with Crippen LogP contribution in [0.3, 0.4) is 0 Å². The van der Waals surface area contributed by atoms with Crippen LogP contribution in [0.15, 0.2) is 36.4 Å². The number of aryl methyl sites for hydroxylation is 1. The van der Waals surface area contributed by atoms with Crippen molar-refractivity contribution in [1.82, 2.24) is 0 Å². The minimum atomic E-state index is -0.571. The van der Waals surface area contributed by atoms with Gasteiger partial charge in [0.15, 0.2) is 0 Å². The molecule has 0 saturated heterocycles. The summed E-state index contributed by atoms with van der Waals surface area (Å²) in [4.78, 5) is 0. The molecule has 2 rings (SSSR count). The molecule has 0 saturated carbocycles. The SMILES string of the molecule is COc1ccc(C)cc1CC(O)Cc1c(Cl)cccc1Cl. The van der Waals surface area contributed by atoms with Gasteiger partial charge in [0.1, 0.15) is 5.75 Å². The quantitative estimate of drug-likeness (QED) is 0.880. The number of benzene rings is 2. The molecule has 1 atom stereocenters. The topological polar surface area (TPSA) is 29.5 Å². The van der Waals surface area contributed by atoms with E-state index in [1.807, 2.05) is 25.1 Å². The lowest BCUT2D eigenvalue weighted by Gasteiger charge is -2.15. The van der Waals surface area contributed by atoms with E-state index >= 15 is 0 Å². The van der Waals surface area contributed by atoms with Crippen molar-refractivity contribution in [2.45, 2.75) is 25.9 Å². The molecule has 112 valence electrons. The van der Waals surface area contributed by atoms with Crippen LogP contribution in [0.25, 0.3) is 0 Å². The summed E-state index contributed by atoms with van der Waals surface area (Å²) < 4.78 is 5.34. The van der Waals surface area contributed by atoms with E-state index < -0.39 is 6.10 Å².